The monoisotopic (exact) mass is 460 g/mol. The summed E-state index contributed by atoms with van der Waals surface area (Å²) in [5.74, 6) is -2.02. The van der Waals surface area contributed by atoms with Crippen LogP contribution >= 0.6 is 0 Å². The highest BCUT2D eigenvalue weighted by atomic mass is 19.1. The number of fused-ring (bicyclic) bond motifs is 2. The molecule has 0 saturated heterocycles. The van der Waals surface area contributed by atoms with Crippen LogP contribution in [0.15, 0.2) is 67.1 Å². The predicted molar refractivity (Wildman–Crippen MR) is 121 cm³/mol. The van der Waals surface area contributed by atoms with Gasteiger partial charge in [-0.2, -0.15) is 0 Å². The van der Waals surface area contributed by atoms with Crippen LogP contribution in [0.3, 0.4) is 0 Å². The van der Waals surface area contributed by atoms with Gasteiger partial charge in [0.1, 0.15) is 17.2 Å². The van der Waals surface area contributed by atoms with Crippen LogP contribution in [-0.2, 0) is 13.1 Å². The first-order chi connectivity index (χ1) is 16.4. The summed E-state index contributed by atoms with van der Waals surface area (Å²) < 4.78 is 28.7. The van der Waals surface area contributed by atoms with Crippen LogP contribution in [0.1, 0.15) is 21.6 Å². The van der Waals surface area contributed by atoms with Crippen LogP contribution in [0.5, 0.6) is 11.6 Å². The van der Waals surface area contributed by atoms with Gasteiger partial charge < -0.3 is 20.1 Å². The van der Waals surface area contributed by atoms with Crippen molar-refractivity contribution in [1.29, 1.82) is 0 Å². The Bertz CT molecular complexity index is 1550. The number of aromatic nitrogens is 3. The highest BCUT2D eigenvalue weighted by molar-refractivity contribution is 6.21. The summed E-state index contributed by atoms with van der Waals surface area (Å²) in [7, 11) is 0. The molecule has 0 fully saturated rings. The number of carbonyl (C=O) groups is 1. The number of halogens is 2. The number of benzene rings is 2. The fourth-order valence-corrected chi connectivity index (χ4v) is 3.98. The van der Waals surface area contributed by atoms with Crippen molar-refractivity contribution < 1.29 is 23.8 Å². The van der Waals surface area contributed by atoms with Gasteiger partial charge in [-0.25, -0.2) is 8.78 Å². The summed E-state index contributed by atoms with van der Waals surface area (Å²) in [6.07, 6.45) is 4.43. The molecule has 0 aliphatic carbocycles. The Morgan fingerprint density at radius 2 is 1.71 bits per heavy atom. The largest absolute Gasteiger partial charge is 0.505 e. The van der Waals surface area contributed by atoms with E-state index in [2.05, 4.69) is 15.3 Å². The van der Waals surface area contributed by atoms with E-state index in [9.17, 15) is 23.8 Å². The molecule has 0 unspecified atom stereocenters. The number of hydrogen-bond donors (Lipinski definition) is 3. The van der Waals surface area contributed by atoms with Crippen molar-refractivity contribution in [3.8, 4) is 11.6 Å². The van der Waals surface area contributed by atoms with Gasteiger partial charge in [0.15, 0.2) is 5.75 Å². The first-order valence-electron chi connectivity index (χ1n) is 10.4. The van der Waals surface area contributed by atoms with E-state index in [4.69, 9.17) is 0 Å². The van der Waals surface area contributed by atoms with Gasteiger partial charge in [-0.1, -0.05) is 18.2 Å². The number of phenolic OH excluding ortho intramolecular Hbond substituents is 1. The molecule has 170 valence electrons. The van der Waals surface area contributed by atoms with Gasteiger partial charge in [0.05, 0.1) is 29.7 Å². The predicted octanol–water partition coefficient (Wildman–Crippen LogP) is 4.25. The number of carbonyl (C=O) groups excluding carboxylic acids is 1. The standard InChI is InChI=1S/C25H18F2N4O3/c26-15-7-5-14(6-8-15)12-31-13-17-20(24(33)30-11-19-18(27)4-2-9-28-19)16-3-1-10-29-22(16)23(32)21(17)25(31)34/h1-10,13,32,34H,11-12H2,(H,30,33). The van der Waals surface area contributed by atoms with E-state index >= 15 is 0 Å². The topological polar surface area (TPSA) is 100 Å². The maximum atomic E-state index is 14.0. The quantitative estimate of drug-likeness (QED) is 0.364. The van der Waals surface area contributed by atoms with E-state index < -0.39 is 11.7 Å². The van der Waals surface area contributed by atoms with E-state index in [1.807, 2.05) is 0 Å². The second-order valence-corrected chi connectivity index (χ2v) is 7.73. The fraction of sp³-hybridized carbons (Fsp3) is 0.0800. The van der Waals surface area contributed by atoms with Crippen molar-refractivity contribution in [3.05, 3.63) is 95.6 Å². The molecular weight excluding hydrogens is 442 g/mol. The molecule has 3 aromatic heterocycles. The summed E-state index contributed by atoms with van der Waals surface area (Å²) in [5, 5.41) is 25.2. The maximum Gasteiger partial charge on any atom is 0.252 e. The van der Waals surface area contributed by atoms with Crippen molar-refractivity contribution in [2.45, 2.75) is 13.1 Å². The first-order valence-corrected chi connectivity index (χ1v) is 10.4. The zero-order chi connectivity index (χ0) is 23.8. The third-order valence-electron chi connectivity index (χ3n) is 5.60. The molecule has 0 radical (unpaired) electrons. The molecule has 1 amide bonds. The van der Waals surface area contributed by atoms with Gasteiger partial charge in [0.25, 0.3) is 5.91 Å². The second kappa shape index (κ2) is 8.43. The minimum Gasteiger partial charge on any atom is -0.505 e. The lowest BCUT2D eigenvalue weighted by Gasteiger charge is -2.11. The molecule has 7 nitrogen and oxygen atoms in total. The Labute approximate surface area is 191 Å². The Balaban J connectivity index is 1.63. The minimum absolute atomic E-state index is 0.0579. The zero-order valence-corrected chi connectivity index (χ0v) is 17.7. The molecular formula is C25H18F2N4O3. The molecule has 0 spiro atoms. The highest BCUT2D eigenvalue weighted by Crippen LogP contribution is 2.42. The molecule has 0 saturated carbocycles. The van der Waals surface area contributed by atoms with Gasteiger partial charge in [-0.05, 0) is 35.9 Å². The lowest BCUT2D eigenvalue weighted by molar-refractivity contribution is 0.0953. The van der Waals surface area contributed by atoms with Crippen LogP contribution in [-0.4, -0.2) is 30.7 Å². The number of aromatic hydroxyl groups is 2. The number of phenols is 1. The Morgan fingerprint density at radius 3 is 2.47 bits per heavy atom. The number of hydrogen-bond acceptors (Lipinski definition) is 5. The molecule has 2 aromatic carbocycles. The first kappa shape index (κ1) is 21.3. The minimum atomic E-state index is -0.549. The average molecular weight is 460 g/mol. The van der Waals surface area contributed by atoms with Crippen LogP contribution in [0.2, 0.25) is 0 Å². The molecule has 5 rings (SSSR count). The van der Waals surface area contributed by atoms with Crippen LogP contribution in [0.4, 0.5) is 8.78 Å². The summed E-state index contributed by atoms with van der Waals surface area (Å²) in [6, 6.07) is 11.7. The number of amides is 1. The fourth-order valence-electron chi connectivity index (χ4n) is 3.98. The number of nitrogens with one attached hydrogen (secondary N) is 1. The van der Waals surface area contributed by atoms with Crippen LogP contribution in [0, 0.1) is 11.6 Å². The molecule has 3 N–H and O–H groups in total. The van der Waals surface area contributed by atoms with Crippen molar-refractivity contribution in [2.75, 3.05) is 0 Å². The van der Waals surface area contributed by atoms with Gasteiger partial charge in [-0.3, -0.25) is 14.8 Å². The van der Waals surface area contributed by atoms with Crippen LogP contribution < -0.4 is 5.32 Å². The summed E-state index contributed by atoms with van der Waals surface area (Å²) >= 11 is 0. The normalized spacial score (nSPS) is 11.2. The number of rotatable bonds is 5. The third kappa shape index (κ3) is 3.66. The molecule has 3 heterocycles. The lowest BCUT2D eigenvalue weighted by atomic mass is 10.0. The molecule has 0 atom stereocenters. The van der Waals surface area contributed by atoms with Crippen molar-refractivity contribution in [2.24, 2.45) is 0 Å². The van der Waals surface area contributed by atoms with E-state index in [0.717, 1.165) is 0 Å². The average Bonchev–Trinajstić information content (AvgIpc) is 3.16. The number of pyridine rings is 2. The Morgan fingerprint density at radius 1 is 0.971 bits per heavy atom. The smallest absolute Gasteiger partial charge is 0.252 e. The highest BCUT2D eigenvalue weighted by Gasteiger charge is 2.24. The maximum absolute atomic E-state index is 14.0. The van der Waals surface area contributed by atoms with Gasteiger partial charge >= 0.3 is 0 Å². The molecule has 0 aliphatic heterocycles. The van der Waals surface area contributed by atoms with Crippen molar-refractivity contribution >= 4 is 27.6 Å². The van der Waals surface area contributed by atoms with Gasteiger partial charge in [-0.15, -0.1) is 0 Å². The lowest BCUT2D eigenvalue weighted by Crippen LogP contribution is -2.24. The van der Waals surface area contributed by atoms with Crippen molar-refractivity contribution in [1.82, 2.24) is 19.9 Å². The summed E-state index contributed by atoms with van der Waals surface area (Å²) in [5.41, 5.74) is 1.08. The van der Waals surface area contributed by atoms with Crippen LogP contribution in [0.25, 0.3) is 21.7 Å². The summed E-state index contributed by atoms with van der Waals surface area (Å²) in [6.45, 7) is 0.0160. The molecule has 9 heteroatoms. The molecule has 0 bridgehead atoms. The van der Waals surface area contributed by atoms with E-state index in [-0.39, 0.29) is 58.1 Å². The molecule has 34 heavy (non-hydrogen) atoms. The molecule has 5 aromatic rings. The second-order valence-electron chi connectivity index (χ2n) is 7.73. The van der Waals surface area contributed by atoms with Gasteiger partial charge in [0.2, 0.25) is 5.88 Å². The van der Waals surface area contributed by atoms with E-state index in [0.29, 0.717) is 10.9 Å². The van der Waals surface area contributed by atoms with Gasteiger partial charge in [0, 0.05) is 29.4 Å². The number of nitrogens with zero attached hydrogens (tertiary/aromatic N) is 3. The van der Waals surface area contributed by atoms with E-state index in [1.54, 1.807) is 24.3 Å². The molecule has 0 aliphatic rings. The Hall–Kier alpha value is -4.53. The summed E-state index contributed by atoms with van der Waals surface area (Å²) in [4.78, 5) is 21.4. The van der Waals surface area contributed by atoms with Crippen molar-refractivity contribution in [3.63, 3.8) is 0 Å². The third-order valence-corrected chi connectivity index (χ3v) is 5.60. The zero-order valence-electron chi connectivity index (χ0n) is 17.7. The van der Waals surface area contributed by atoms with E-state index in [1.165, 1.54) is 47.4 Å². The SMILES string of the molecule is O=C(NCc1ncccc1F)c1c2cccnc2c(O)c2c(O)n(Cc3ccc(F)cc3)cc12. The Kier molecular flexibility index (Phi) is 5.29.